The largest absolute Gasteiger partial charge is 0.423 e. The second kappa shape index (κ2) is 3.16. The third-order valence-corrected chi connectivity index (χ3v) is 2.86. The van der Waals surface area contributed by atoms with Crippen LogP contribution in [0.4, 0.5) is 4.79 Å². The minimum atomic E-state index is -1.65. The summed E-state index contributed by atoms with van der Waals surface area (Å²) in [5.74, 6) is -1.98. The SMILES string of the molecule is O=C1NC(=O)C2(C=CC3=CC(=O)OC3=C2)C(=O)N1. The van der Waals surface area contributed by atoms with Crippen LogP contribution >= 0.6 is 0 Å². The summed E-state index contributed by atoms with van der Waals surface area (Å²) >= 11 is 0. The molecule has 0 radical (unpaired) electrons. The predicted octanol–water partition coefficient (Wildman–Crippen LogP) is -0.724. The van der Waals surface area contributed by atoms with E-state index < -0.39 is 29.2 Å². The molecule has 2 N–H and O–H groups in total. The molecule has 4 amide bonds. The van der Waals surface area contributed by atoms with Gasteiger partial charge < -0.3 is 4.74 Å². The topological polar surface area (TPSA) is 102 Å². The van der Waals surface area contributed by atoms with Gasteiger partial charge in [0.2, 0.25) is 0 Å². The van der Waals surface area contributed by atoms with Crippen LogP contribution in [0.1, 0.15) is 0 Å². The Bertz CT molecular complexity index is 591. The number of nitrogens with one attached hydrogen (secondary N) is 2. The molecule has 3 aliphatic rings. The molecule has 7 nitrogen and oxygen atoms in total. The number of carbonyl (C=O) groups excluding carboxylic acids is 4. The van der Waals surface area contributed by atoms with Crippen molar-refractivity contribution in [2.75, 3.05) is 0 Å². The van der Waals surface area contributed by atoms with E-state index in [0.717, 1.165) is 0 Å². The Labute approximate surface area is 100 Å². The maximum atomic E-state index is 11.8. The Balaban J connectivity index is 2.08. The number of hydrogen-bond acceptors (Lipinski definition) is 5. The van der Waals surface area contributed by atoms with E-state index in [-0.39, 0.29) is 5.76 Å². The fourth-order valence-corrected chi connectivity index (χ4v) is 1.94. The highest BCUT2D eigenvalue weighted by Gasteiger charge is 2.49. The van der Waals surface area contributed by atoms with E-state index in [1.54, 1.807) is 0 Å². The molecular formula is C11H6N2O5. The fraction of sp³-hybridized carbons (Fsp3) is 0.0909. The number of allylic oxidation sites excluding steroid dienone is 1. The minimum absolute atomic E-state index is 0.141. The van der Waals surface area contributed by atoms with Crippen LogP contribution in [0.3, 0.4) is 0 Å². The fourth-order valence-electron chi connectivity index (χ4n) is 1.94. The molecule has 0 aromatic heterocycles. The average molecular weight is 246 g/mol. The molecule has 3 rings (SSSR count). The maximum Gasteiger partial charge on any atom is 0.336 e. The van der Waals surface area contributed by atoms with Gasteiger partial charge in [-0.15, -0.1) is 0 Å². The number of ether oxygens (including phenoxy) is 1. The summed E-state index contributed by atoms with van der Waals surface area (Å²) in [6.45, 7) is 0. The third-order valence-electron chi connectivity index (χ3n) is 2.86. The minimum Gasteiger partial charge on any atom is -0.423 e. The lowest BCUT2D eigenvalue weighted by atomic mass is 9.79. The normalized spacial score (nSPS) is 24.0. The van der Waals surface area contributed by atoms with Crippen molar-refractivity contribution >= 4 is 23.8 Å². The van der Waals surface area contributed by atoms with E-state index >= 15 is 0 Å². The highest BCUT2D eigenvalue weighted by Crippen LogP contribution is 2.36. The molecule has 2 aliphatic heterocycles. The average Bonchev–Trinajstić information content (AvgIpc) is 2.65. The zero-order valence-electron chi connectivity index (χ0n) is 8.85. The van der Waals surface area contributed by atoms with Gasteiger partial charge in [-0.05, 0) is 6.08 Å². The van der Waals surface area contributed by atoms with Crippen molar-refractivity contribution < 1.29 is 23.9 Å². The second-order valence-electron chi connectivity index (χ2n) is 3.97. The van der Waals surface area contributed by atoms with Crippen LogP contribution in [0.15, 0.2) is 35.6 Å². The second-order valence-corrected chi connectivity index (χ2v) is 3.97. The summed E-state index contributed by atoms with van der Waals surface area (Å²) in [4.78, 5) is 45.7. The number of amides is 4. The van der Waals surface area contributed by atoms with Crippen LogP contribution in [0, 0.1) is 5.41 Å². The first-order chi connectivity index (χ1) is 8.51. The molecule has 0 aromatic carbocycles. The van der Waals surface area contributed by atoms with Gasteiger partial charge in [0.1, 0.15) is 5.76 Å². The van der Waals surface area contributed by atoms with E-state index in [0.29, 0.717) is 5.57 Å². The van der Waals surface area contributed by atoms with Crippen LogP contribution in [0.25, 0.3) is 0 Å². The monoisotopic (exact) mass is 246 g/mol. The van der Waals surface area contributed by atoms with Gasteiger partial charge in [0.15, 0.2) is 5.41 Å². The Morgan fingerprint density at radius 3 is 2.39 bits per heavy atom. The molecule has 1 fully saturated rings. The molecule has 90 valence electrons. The Morgan fingerprint density at radius 1 is 1.06 bits per heavy atom. The molecule has 7 heteroatoms. The summed E-state index contributed by atoms with van der Waals surface area (Å²) in [5.41, 5.74) is -1.16. The molecule has 2 heterocycles. The number of rotatable bonds is 0. The molecule has 0 unspecified atom stereocenters. The van der Waals surface area contributed by atoms with Gasteiger partial charge >= 0.3 is 12.0 Å². The van der Waals surface area contributed by atoms with E-state index in [4.69, 9.17) is 4.74 Å². The highest BCUT2D eigenvalue weighted by molar-refractivity contribution is 6.22. The summed E-state index contributed by atoms with van der Waals surface area (Å²) in [6.07, 6.45) is 5.23. The summed E-state index contributed by atoms with van der Waals surface area (Å²) < 4.78 is 4.85. The number of carbonyl (C=O) groups is 4. The summed E-state index contributed by atoms with van der Waals surface area (Å²) in [7, 11) is 0. The van der Waals surface area contributed by atoms with Gasteiger partial charge in [0.05, 0.1) is 0 Å². The van der Waals surface area contributed by atoms with Crippen molar-refractivity contribution in [2.24, 2.45) is 5.41 Å². The Morgan fingerprint density at radius 2 is 1.72 bits per heavy atom. The van der Waals surface area contributed by atoms with Crippen molar-refractivity contribution in [1.82, 2.24) is 10.6 Å². The van der Waals surface area contributed by atoms with Crippen molar-refractivity contribution in [3.8, 4) is 0 Å². The Hall–Kier alpha value is -2.70. The van der Waals surface area contributed by atoms with Crippen molar-refractivity contribution in [3.05, 3.63) is 35.6 Å². The van der Waals surface area contributed by atoms with Crippen LogP contribution in [0.5, 0.6) is 0 Å². The van der Waals surface area contributed by atoms with Crippen molar-refractivity contribution in [2.45, 2.75) is 0 Å². The lowest BCUT2D eigenvalue weighted by Crippen LogP contribution is -2.61. The quantitative estimate of drug-likeness (QED) is 0.433. The molecule has 1 aliphatic carbocycles. The summed E-state index contributed by atoms with van der Waals surface area (Å²) in [5, 5.41) is 3.99. The zero-order valence-corrected chi connectivity index (χ0v) is 8.85. The van der Waals surface area contributed by atoms with Gasteiger partial charge in [-0.2, -0.15) is 0 Å². The first-order valence-corrected chi connectivity index (χ1v) is 5.04. The van der Waals surface area contributed by atoms with Gasteiger partial charge in [0, 0.05) is 11.6 Å². The lowest BCUT2D eigenvalue weighted by Gasteiger charge is -2.30. The highest BCUT2D eigenvalue weighted by atomic mass is 16.5. The van der Waals surface area contributed by atoms with Crippen LogP contribution in [-0.4, -0.2) is 23.8 Å². The number of esters is 1. The number of imide groups is 2. The molecule has 0 atom stereocenters. The molecule has 0 saturated carbocycles. The van der Waals surface area contributed by atoms with Gasteiger partial charge in [-0.3, -0.25) is 20.2 Å². The molecular weight excluding hydrogens is 240 g/mol. The van der Waals surface area contributed by atoms with E-state index in [1.165, 1.54) is 24.3 Å². The molecule has 0 bridgehead atoms. The van der Waals surface area contributed by atoms with E-state index in [9.17, 15) is 19.2 Å². The zero-order chi connectivity index (χ0) is 12.9. The first-order valence-electron chi connectivity index (χ1n) is 5.04. The molecule has 18 heavy (non-hydrogen) atoms. The lowest BCUT2D eigenvalue weighted by molar-refractivity contribution is -0.139. The van der Waals surface area contributed by atoms with Crippen LogP contribution in [-0.2, 0) is 19.1 Å². The Kier molecular flexibility index (Phi) is 1.83. The first kappa shape index (κ1) is 10.5. The smallest absolute Gasteiger partial charge is 0.336 e. The summed E-state index contributed by atoms with van der Waals surface area (Å²) in [6, 6.07) is -0.868. The number of hydrogen-bond donors (Lipinski definition) is 2. The molecule has 1 saturated heterocycles. The number of urea groups is 1. The number of fused-ring (bicyclic) bond motifs is 1. The molecule has 1 spiro atoms. The maximum absolute atomic E-state index is 11.8. The van der Waals surface area contributed by atoms with Gasteiger partial charge in [-0.25, -0.2) is 9.59 Å². The van der Waals surface area contributed by atoms with Crippen LogP contribution in [0.2, 0.25) is 0 Å². The number of barbiturate groups is 1. The van der Waals surface area contributed by atoms with Crippen molar-refractivity contribution in [3.63, 3.8) is 0 Å². The predicted molar refractivity (Wildman–Crippen MR) is 55.5 cm³/mol. The van der Waals surface area contributed by atoms with Gasteiger partial charge in [-0.1, -0.05) is 12.2 Å². The van der Waals surface area contributed by atoms with E-state index in [2.05, 4.69) is 0 Å². The van der Waals surface area contributed by atoms with Gasteiger partial charge in [0.25, 0.3) is 11.8 Å². The van der Waals surface area contributed by atoms with E-state index in [1.807, 2.05) is 10.6 Å². The molecule has 0 aromatic rings. The third kappa shape index (κ3) is 1.24. The standard InChI is InChI=1S/C11H6N2O5/c14-7-3-5-1-2-11(4-6(5)18-7)8(15)12-10(17)13-9(11)16/h1-4H,(H2,12,13,15,16,17). The van der Waals surface area contributed by atoms with Crippen molar-refractivity contribution in [1.29, 1.82) is 0 Å². The van der Waals surface area contributed by atoms with Crippen LogP contribution < -0.4 is 10.6 Å².